The average molecular weight is 283 g/mol. The molecule has 1 aliphatic heterocycles. The van der Waals surface area contributed by atoms with Crippen LogP contribution >= 0.6 is 0 Å². The zero-order valence-corrected chi connectivity index (χ0v) is 12.0. The van der Waals surface area contributed by atoms with Crippen molar-refractivity contribution in [1.82, 2.24) is 14.3 Å². The maximum atomic E-state index is 12.9. The largest absolute Gasteiger partial charge is 0.381 e. The monoisotopic (exact) mass is 283 g/mol. The lowest BCUT2D eigenvalue weighted by Crippen LogP contribution is -2.29. The summed E-state index contributed by atoms with van der Waals surface area (Å²) in [5.74, 6) is 0.0619. The Kier molecular flexibility index (Phi) is 2.82. The topological polar surface area (TPSA) is 49.0 Å². The molecule has 4 rings (SSSR count). The molecule has 1 unspecified atom stereocenters. The lowest BCUT2D eigenvalue weighted by molar-refractivity contribution is 0.0409. The van der Waals surface area contributed by atoms with Gasteiger partial charge in [-0.15, -0.1) is 0 Å². The molecule has 0 amide bonds. The molecule has 1 fully saturated rings. The van der Waals surface area contributed by atoms with Crippen molar-refractivity contribution in [2.75, 3.05) is 13.2 Å². The second-order valence-corrected chi connectivity index (χ2v) is 5.61. The van der Waals surface area contributed by atoms with Crippen molar-refractivity contribution in [2.24, 2.45) is 13.0 Å². The molecule has 0 aliphatic carbocycles. The Bertz CT molecular complexity index is 825. The van der Waals surface area contributed by atoms with Crippen molar-refractivity contribution < 1.29 is 9.53 Å². The summed E-state index contributed by atoms with van der Waals surface area (Å²) in [5, 5.41) is 5.37. The van der Waals surface area contributed by atoms with Crippen LogP contribution in [0.2, 0.25) is 0 Å². The number of carbonyl (C=O) groups excluding carboxylic acids is 1. The van der Waals surface area contributed by atoms with E-state index < -0.39 is 0 Å². The second-order valence-electron chi connectivity index (χ2n) is 5.61. The molecule has 3 heterocycles. The number of aryl methyl sites for hydroxylation is 1. The zero-order chi connectivity index (χ0) is 14.4. The lowest BCUT2D eigenvalue weighted by atomic mass is 10.0. The van der Waals surface area contributed by atoms with Gasteiger partial charge in [0.15, 0.2) is 0 Å². The normalized spacial score (nSPS) is 19.4. The number of aromatic nitrogens is 3. The van der Waals surface area contributed by atoms with Gasteiger partial charge < -0.3 is 4.74 Å². The third-order valence-electron chi connectivity index (χ3n) is 4.29. The fourth-order valence-corrected chi connectivity index (χ4v) is 3.26. The Labute approximate surface area is 122 Å². The van der Waals surface area contributed by atoms with Crippen molar-refractivity contribution in [2.45, 2.75) is 12.8 Å². The minimum atomic E-state index is -0.0574. The van der Waals surface area contributed by atoms with Gasteiger partial charge in [0.1, 0.15) is 0 Å². The molecule has 5 nitrogen and oxygen atoms in total. The maximum Gasteiger partial charge on any atom is 0.237 e. The van der Waals surface area contributed by atoms with Gasteiger partial charge in [-0.2, -0.15) is 5.10 Å². The van der Waals surface area contributed by atoms with E-state index in [2.05, 4.69) is 5.10 Å². The number of fused-ring (bicyclic) bond motifs is 3. The summed E-state index contributed by atoms with van der Waals surface area (Å²) in [6, 6.07) is 8.00. The van der Waals surface area contributed by atoms with Gasteiger partial charge in [0.05, 0.1) is 35.3 Å². The molecule has 0 spiro atoms. The Balaban J connectivity index is 1.95. The summed E-state index contributed by atoms with van der Waals surface area (Å²) in [5.41, 5.74) is 2.85. The highest BCUT2D eigenvalue weighted by Crippen LogP contribution is 2.30. The van der Waals surface area contributed by atoms with Gasteiger partial charge in [-0.05, 0) is 18.9 Å². The number of nitrogens with zero attached hydrogens (tertiary/aromatic N) is 3. The molecule has 1 saturated heterocycles. The van der Waals surface area contributed by atoms with Crippen molar-refractivity contribution in [3.05, 3.63) is 30.5 Å². The molecule has 21 heavy (non-hydrogen) atoms. The second kappa shape index (κ2) is 4.70. The summed E-state index contributed by atoms with van der Waals surface area (Å²) in [4.78, 5) is 12.9. The highest BCUT2D eigenvalue weighted by molar-refractivity contribution is 6.12. The van der Waals surface area contributed by atoms with E-state index in [1.165, 1.54) is 0 Å². The standard InChI is InChI=1S/C16H17N3O2/c1-18-15-12-6-2-3-7-13(12)19(14(15)9-17-18)16(20)11-5-4-8-21-10-11/h2-3,6-7,9,11H,4-5,8,10H2,1H3. The number of hydrogen-bond acceptors (Lipinski definition) is 3. The molecule has 0 radical (unpaired) electrons. The Hall–Kier alpha value is -2.14. The van der Waals surface area contributed by atoms with Crippen LogP contribution in [0.3, 0.4) is 0 Å². The maximum absolute atomic E-state index is 12.9. The molecule has 1 aromatic carbocycles. The molecular weight excluding hydrogens is 266 g/mol. The summed E-state index contributed by atoms with van der Waals surface area (Å²) >= 11 is 0. The molecular formula is C16H17N3O2. The Morgan fingerprint density at radius 1 is 1.33 bits per heavy atom. The van der Waals surface area contributed by atoms with E-state index in [1.807, 2.05) is 40.6 Å². The van der Waals surface area contributed by atoms with Gasteiger partial charge in [0.2, 0.25) is 5.91 Å². The molecule has 0 N–H and O–H groups in total. The number of carbonyl (C=O) groups is 1. The van der Waals surface area contributed by atoms with E-state index >= 15 is 0 Å². The van der Waals surface area contributed by atoms with Gasteiger partial charge in [-0.25, -0.2) is 0 Å². The highest BCUT2D eigenvalue weighted by atomic mass is 16.5. The predicted octanol–water partition coefficient (Wildman–Crippen LogP) is 2.59. The first-order valence-electron chi connectivity index (χ1n) is 7.30. The van der Waals surface area contributed by atoms with Crippen molar-refractivity contribution in [1.29, 1.82) is 0 Å². The molecule has 3 aromatic rings. The van der Waals surface area contributed by atoms with Gasteiger partial charge in [-0.3, -0.25) is 14.0 Å². The summed E-state index contributed by atoms with van der Waals surface area (Å²) in [7, 11) is 1.91. The van der Waals surface area contributed by atoms with Crippen LogP contribution in [0.15, 0.2) is 30.5 Å². The number of ether oxygens (including phenoxy) is 1. The fraction of sp³-hybridized carbons (Fsp3) is 0.375. The average Bonchev–Trinajstić information content (AvgIpc) is 3.06. The van der Waals surface area contributed by atoms with E-state index in [0.717, 1.165) is 41.4 Å². The van der Waals surface area contributed by atoms with Crippen LogP contribution in [-0.2, 0) is 11.8 Å². The molecule has 2 aromatic heterocycles. The van der Waals surface area contributed by atoms with Crippen molar-refractivity contribution >= 4 is 27.8 Å². The molecule has 1 aliphatic rings. The van der Waals surface area contributed by atoms with Crippen LogP contribution in [-0.4, -0.2) is 33.5 Å². The van der Waals surface area contributed by atoms with Crippen molar-refractivity contribution in [3.8, 4) is 0 Å². The summed E-state index contributed by atoms with van der Waals surface area (Å²) in [6.07, 6.45) is 3.62. The summed E-state index contributed by atoms with van der Waals surface area (Å²) in [6.45, 7) is 1.28. The smallest absolute Gasteiger partial charge is 0.237 e. The van der Waals surface area contributed by atoms with Gasteiger partial charge in [0, 0.05) is 19.0 Å². The third-order valence-corrected chi connectivity index (χ3v) is 4.29. The SMILES string of the molecule is Cn1ncc2c1c1ccccc1n2C(=O)C1CCCOC1. The molecule has 0 bridgehead atoms. The first-order chi connectivity index (χ1) is 10.3. The van der Waals surface area contributed by atoms with Crippen molar-refractivity contribution in [3.63, 3.8) is 0 Å². The van der Waals surface area contributed by atoms with Gasteiger partial charge >= 0.3 is 0 Å². The zero-order valence-electron chi connectivity index (χ0n) is 12.0. The van der Waals surface area contributed by atoms with Crippen LogP contribution in [0, 0.1) is 5.92 Å². The number of para-hydroxylation sites is 1. The van der Waals surface area contributed by atoms with Crippen LogP contribution in [0.25, 0.3) is 21.9 Å². The minimum Gasteiger partial charge on any atom is -0.381 e. The van der Waals surface area contributed by atoms with Crippen LogP contribution in [0.5, 0.6) is 0 Å². The number of rotatable bonds is 1. The van der Waals surface area contributed by atoms with E-state index in [4.69, 9.17) is 4.74 Å². The molecule has 1 atom stereocenters. The quantitative estimate of drug-likeness (QED) is 0.689. The van der Waals surface area contributed by atoms with Gasteiger partial charge in [0.25, 0.3) is 0 Å². The van der Waals surface area contributed by atoms with E-state index in [-0.39, 0.29) is 11.8 Å². The lowest BCUT2D eigenvalue weighted by Gasteiger charge is -2.21. The first-order valence-corrected chi connectivity index (χ1v) is 7.30. The Morgan fingerprint density at radius 3 is 3.00 bits per heavy atom. The van der Waals surface area contributed by atoms with Crippen LogP contribution in [0.1, 0.15) is 17.6 Å². The summed E-state index contributed by atoms with van der Waals surface area (Å²) < 4.78 is 9.12. The highest BCUT2D eigenvalue weighted by Gasteiger charge is 2.27. The molecule has 5 heteroatoms. The van der Waals surface area contributed by atoms with Crippen LogP contribution < -0.4 is 0 Å². The predicted molar refractivity (Wildman–Crippen MR) is 80.4 cm³/mol. The first kappa shape index (κ1) is 12.6. The number of benzene rings is 1. The van der Waals surface area contributed by atoms with Gasteiger partial charge in [-0.1, -0.05) is 18.2 Å². The molecule has 108 valence electrons. The fourth-order valence-electron chi connectivity index (χ4n) is 3.26. The van der Waals surface area contributed by atoms with Crippen LogP contribution in [0.4, 0.5) is 0 Å². The third kappa shape index (κ3) is 1.81. The molecule has 0 saturated carbocycles. The Morgan fingerprint density at radius 2 is 2.19 bits per heavy atom. The minimum absolute atomic E-state index is 0.0574. The van der Waals surface area contributed by atoms with E-state index in [0.29, 0.717) is 6.61 Å². The number of hydrogen-bond donors (Lipinski definition) is 0. The van der Waals surface area contributed by atoms with E-state index in [1.54, 1.807) is 6.20 Å². The van der Waals surface area contributed by atoms with E-state index in [9.17, 15) is 4.79 Å².